The lowest BCUT2D eigenvalue weighted by Gasteiger charge is -2.17. The van der Waals surface area contributed by atoms with Crippen molar-refractivity contribution in [2.24, 2.45) is 5.92 Å². The average molecular weight is 231 g/mol. The third kappa shape index (κ3) is 5.67. The lowest BCUT2D eigenvalue weighted by molar-refractivity contribution is 0.412. The minimum atomic E-state index is -0.610. The van der Waals surface area contributed by atoms with E-state index in [2.05, 4.69) is 12.2 Å². The highest BCUT2D eigenvalue weighted by Gasteiger charge is 2.17. The molecule has 1 fully saturated rings. The lowest BCUT2D eigenvalue weighted by atomic mass is 9.99. The number of hydrogen-bond donors (Lipinski definition) is 1. The lowest BCUT2D eigenvalue weighted by Crippen LogP contribution is -2.31. The van der Waals surface area contributed by atoms with Crippen molar-refractivity contribution in [2.45, 2.75) is 52.0 Å². The molecule has 0 aromatic heterocycles. The largest absolute Gasteiger partial charge is 0.313 e. The molecule has 1 aliphatic carbocycles. The Hall–Kier alpha value is 0.110. The van der Waals surface area contributed by atoms with Crippen LogP contribution in [0.5, 0.6) is 0 Å². The molecule has 1 rings (SSSR count). The Morgan fingerprint density at radius 3 is 2.67 bits per heavy atom. The van der Waals surface area contributed by atoms with Crippen LogP contribution in [-0.4, -0.2) is 28.3 Å². The zero-order valence-corrected chi connectivity index (χ0v) is 10.9. The van der Waals surface area contributed by atoms with Gasteiger partial charge in [-0.25, -0.2) is 0 Å². The fraction of sp³-hybridized carbons (Fsp3) is 1.00. The van der Waals surface area contributed by atoms with Crippen LogP contribution < -0.4 is 5.32 Å². The summed E-state index contributed by atoms with van der Waals surface area (Å²) < 4.78 is 11.2. The first-order chi connectivity index (χ1) is 7.22. The molecule has 0 saturated heterocycles. The van der Waals surface area contributed by atoms with Crippen molar-refractivity contribution in [3.63, 3.8) is 0 Å². The number of nitrogens with one attached hydrogen (secondary N) is 1. The predicted octanol–water partition coefficient (Wildman–Crippen LogP) is 2.31. The Morgan fingerprint density at radius 1 is 1.40 bits per heavy atom. The van der Waals surface area contributed by atoms with Gasteiger partial charge in [-0.15, -0.1) is 0 Å². The van der Waals surface area contributed by atoms with Crippen molar-refractivity contribution < 1.29 is 4.21 Å². The van der Waals surface area contributed by atoms with Crippen LogP contribution in [-0.2, 0) is 10.8 Å². The maximum absolute atomic E-state index is 11.2. The minimum Gasteiger partial charge on any atom is -0.313 e. The molecule has 90 valence electrons. The third-order valence-electron chi connectivity index (χ3n) is 3.31. The van der Waals surface area contributed by atoms with Crippen molar-refractivity contribution >= 4 is 10.8 Å². The predicted molar refractivity (Wildman–Crippen MR) is 67.6 cm³/mol. The monoisotopic (exact) mass is 231 g/mol. The van der Waals surface area contributed by atoms with E-state index in [0.29, 0.717) is 6.04 Å². The highest BCUT2D eigenvalue weighted by molar-refractivity contribution is 7.84. The molecule has 2 atom stereocenters. The van der Waals surface area contributed by atoms with Gasteiger partial charge in [-0.1, -0.05) is 32.6 Å². The van der Waals surface area contributed by atoms with E-state index in [4.69, 9.17) is 0 Å². The summed E-state index contributed by atoms with van der Waals surface area (Å²) in [7, 11) is -0.610. The summed E-state index contributed by atoms with van der Waals surface area (Å²) >= 11 is 0. The van der Waals surface area contributed by atoms with Gasteiger partial charge in [0, 0.05) is 34.9 Å². The summed E-state index contributed by atoms with van der Waals surface area (Å²) in [6.45, 7) is 5.15. The van der Waals surface area contributed by atoms with Crippen molar-refractivity contribution in [3.8, 4) is 0 Å². The van der Waals surface area contributed by atoms with Crippen LogP contribution >= 0.6 is 0 Å². The van der Waals surface area contributed by atoms with Crippen LogP contribution in [0.4, 0.5) is 0 Å². The minimum absolute atomic E-state index is 0.599. The molecule has 0 aromatic carbocycles. The summed E-state index contributed by atoms with van der Waals surface area (Å²) in [6, 6.07) is 0.599. The molecular formula is C12H25NOS. The molecule has 0 radical (unpaired) electrons. The summed E-state index contributed by atoms with van der Waals surface area (Å²) in [5, 5.41) is 3.48. The molecule has 0 heterocycles. The maximum Gasteiger partial charge on any atom is 0.0360 e. The molecule has 3 heteroatoms. The molecule has 1 N–H and O–H groups in total. The summed E-state index contributed by atoms with van der Waals surface area (Å²) in [5.74, 6) is 2.55. The second kappa shape index (κ2) is 7.39. The van der Waals surface area contributed by atoms with E-state index < -0.39 is 10.8 Å². The number of rotatable bonds is 7. The zero-order valence-electron chi connectivity index (χ0n) is 10.1. The van der Waals surface area contributed by atoms with Crippen molar-refractivity contribution in [1.29, 1.82) is 0 Å². The second-order valence-corrected chi connectivity index (χ2v) is 6.54. The summed E-state index contributed by atoms with van der Waals surface area (Å²) in [5.41, 5.74) is 0. The van der Waals surface area contributed by atoms with Gasteiger partial charge in [-0.05, 0) is 19.3 Å². The van der Waals surface area contributed by atoms with Crippen LogP contribution in [0.1, 0.15) is 46.0 Å². The Balaban J connectivity index is 2.02. The molecule has 1 saturated carbocycles. The van der Waals surface area contributed by atoms with Gasteiger partial charge >= 0.3 is 0 Å². The van der Waals surface area contributed by atoms with E-state index in [-0.39, 0.29) is 0 Å². The van der Waals surface area contributed by atoms with Crippen molar-refractivity contribution in [3.05, 3.63) is 0 Å². The van der Waals surface area contributed by atoms with Crippen molar-refractivity contribution in [1.82, 2.24) is 5.32 Å². The molecule has 1 aliphatic rings. The second-order valence-electron chi connectivity index (χ2n) is 4.67. The van der Waals surface area contributed by atoms with Gasteiger partial charge in [0.2, 0.25) is 0 Å². The highest BCUT2D eigenvalue weighted by Crippen LogP contribution is 2.28. The summed E-state index contributed by atoms with van der Waals surface area (Å²) in [6.07, 6.45) is 7.01. The van der Waals surface area contributed by atoms with Crippen molar-refractivity contribution in [2.75, 3.05) is 18.1 Å². The molecule has 2 nitrogen and oxygen atoms in total. The van der Waals surface area contributed by atoms with Crippen LogP contribution in [0, 0.1) is 5.92 Å². The van der Waals surface area contributed by atoms with Crippen LogP contribution in [0.15, 0.2) is 0 Å². The topological polar surface area (TPSA) is 29.1 Å². The number of hydrogen-bond acceptors (Lipinski definition) is 2. The quantitative estimate of drug-likeness (QED) is 0.728. The van der Waals surface area contributed by atoms with E-state index >= 15 is 0 Å². The van der Waals surface area contributed by atoms with Gasteiger partial charge in [-0.2, -0.15) is 0 Å². The van der Waals surface area contributed by atoms with E-state index in [9.17, 15) is 4.21 Å². The Labute approximate surface area is 96.7 Å². The van der Waals surface area contributed by atoms with Gasteiger partial charge in [0.25, 0.3) is 0 Å². The van der Waals surface area contributed by atoms with Crippen LogP contribution in [0.25, 0.3) is 0 Å². The smallest absolute Gasteiger partial charge is 0.0360 e. The first-order valence-corrected chi connectivity index (χ1v) is 7.79. The molecule has 0 bridgehead atoms. The molecule has 0 spiro atoms. The van der Waals surface area contributed by atoms with Gasteiger partial charge in [0.1, 0.15) is 0 Å². The molecular weight excluding hydrogens is 206 g/mol. The van der Waals surface area contributed by atoms with E-state index in [1.807, 2.05) is 6.92 Å². The fourth-order valence-corrected chi connectivity index (χ4v) is 3.03. The standard InChI is InChI=1S/C12H25NOS/c1-3-15(14)9-8-13-11(2)10-12-6-4-5-7-12/h11-13H,3-10H2,1-2H3. The maximum atomic E-state index is 11.2. The summed E-state index contributed by atoms with van der Waals surface area (Å²) in [4.78, 5) is 0. The Bertz CT molecular complexity index is 190. The van der Waals surface area contributed by atoms with Gasteiger partial charge in [0.05, 0.1) is 0 Å². The van der Waals surface area contributed by atoms with E-state index in [1.165, 1.54) is 32.1 Å². The SMILES string of the molecule is CCS(=O)CCNC(C)CC1CCCC1. The molecule has 15 heavy (non-hydrogen) atoms. The molecule has 0 aliphatic heterocycles. The third-order valence-corrected chi connectivity index (χ3v) is 4.61. The van der Waals surface area contributed by atoms with Gasteiger partial charge < -0.3 is 5.32 Å². The normalized spacial score (nSPS) is 21.7. The van der Waals surface area contributed by atoms with Crippen LogP contribution in [0.3, 0.4) is 0 Å². The van der Waals surface area contributed by atoms with E-state index in [1.54, 1.807) is 0 Å². The first-order valence-electron chi connectivity index (χ1n) is 6.30. The molecule has 0 amide bonds. The zero-order chi connectivity index (χ0) is 11.1. The Morgan fingerprint density at radius 2 is 2.07 bits per heavy atom. The average Bonchev–Trinajstić information content (AvgIpc) is 2.70. The Kier molecular flexibility index (Phi) is 6.50. The van der Waals surface area contributed by atoms with E-state index in [0.717, 1.165) is 24.0 Å². The molecule has 0 aromatic rings. The highest BCUT2D eigenvalue weighted by atomic mass is 32.2. The van der Waals surface area contributed by atoms with Crippen LogP contribution in [0.2, 0.25) is 0 Å². The first kappa shape index (κ1) is 13.2. The van der Waals surface area contributed by atoms with Gasteiger partial charge in [0.15, 0.2) is 0 Å². The molecule has 2 unspecified atom stereocenters. The fourth-order valence-electron chi connectivity index (χ4n) is 2.39. The van der Waals surface area contributed by atoms with Gasteiger partial charge in [-0.3, -0.25) is 4.21 Å².